The van der Waals surface area contributed by atoms with E-state index in [0.717, 1.165) is 56.0 Å². The first kappa shape index (κ1) is 27.2. The highest BCUT2D eigenvalue weighted by Gasteiger charge is 2.34. The molecule has 6 nitrogen and oxygen atoms in total. The van der Waals surface area contributed by atoms with Crippen LogP contribution in [0, 0.1) is 0 Å². The van der Waals surface area contributed by atoms with Gasteiger partial charge in [-0.2, -0.15) is 0 Å². The molecule has 2 aromatic carbocycles. The molecule has 1 fully saturated rings. The quantitative estimate of drug-likeness (QED) is 0.530. The summed E-state index contributed by atoms with van der Waals surface area (Å²) in [6, 6.07) is 12.9. The zero-order valence-electron chi connectivity index (χ0n) is 21.4. The van der Waals surface area contributed by atoms with E-state index in [9.17, 15) is 4.79 Å². The van der Waals surface area contributed by atoms with Gasteiger partial charge in [0, 0.05) is 25.2 Å². The number of hydrogen-bond acceptors (Lipinski definition) is 5. The molecule has 0 bridgehead atoms. The molecule has 0 radical (unpaired) electrons. The summed E-state index contributed by atoms with van der Waals surface area (Å²) in [5.74, 6) is 2.53. The molecule has 0 aromatic heterocycles. The molecule has 2 atom stereocenters. The van der Waals surface area contributed by atoms with Crippen LogP contribution in [-0.2, 0) is 24.1 Å². The third kappa shape index (κ3) is 6.22. The zero-order valence-corrected chi connectivity index (χ0v) is 22.2. The molecule has 1 amide bonds. The molecule has 2 heterocycles. The van der Waals surface area contributed by atoms with Gasteiger partial charge in [0.2, 0.25) is 5.91 Å². The maximum atomic E-state index is 13.4. The zero-order chi connectivity index (χ0) is 24.1. The lowest BCUT2D eigenvalue weighted by atomic mass is 9.94. The van der Waals surface area contributed by atoms with Crippen molar-refractivity contribution in [1.82, 2.24) is 9.80 Å². The van der Waals surface area contributed by atoms with E-state index in [-0.39, 0.29) is 24.4 Å². The van der Waals surface area contributed by atoms with Crippen LogP contribution in [0.15, 0.2) is 36.4 Å². The van der Waals surface area contributed by atoms with Crippen molar-refractivity contribution >= 4 is 18.3 Å². The molecule has 2 aliphatic heterocycles. The smallest absolute Gasteiger partial charge is 0.227 e. The molecule has 0 N–H and O–H groups in total. The molecule has 0 saturated carbocycles. The minimum atomic E-state index is 0. The van der Waals surface area contributed by atoms with Gasteiger partial charge in [-0.1, -0.05) is 18.6 Å². The van der Waals surface area contributed by atoms with Gasteiger partial charge in [-0.15, -0.1) is 12.4 Å². The van der Waals surface area contributed by atoms with Gasteiger partial charge in [-0.25, -0.2) is 0 Å². The maximum absolute atomic E-state index is 13.4. The van der Waals surface area contributed by atoms with Crippen LogP contribution in [0.5, 0.6) is 17.2 Å². The summed E-state index contributed by atoms with van der Waals surface area (Å²) in [4.78, 5) is 18.1. The Labute approximate surface area is 215 Å². The van der Waals surface area contributed by atoms with Crippen molar-refractivity contribution in [2.75, 3.05) is 41.0 Å². The fourth-order valence-corrected chi connectivity index (χ4v) is 5.57. The van der Waals surface area contributed by atoms with Crippen molar-refractivity contribution in [2.24, 2.45) is 0 Å². The molecular weight excluding hydrogens is 464 g/mol. The minimum absolute atomic E-state index is 0. The number of nitrogens with zero attached hydrogens (tertiary/aromatic N) is 2. The first-order valence-corrected chi connectivity index (χ1v) is 12.4. The van der Waals surface area contributed by atoms with E-state index in [1.165, 1.54) is 24.0 Å². The summed E-state index contributed by atoms with van der Waals surface area (Å²) in [6.07, 6.45) is 5.82. The topological polar surface area (TPSA) is 51.2 Å². The van der Waals surface area contributed by atoms with Crippen LogP contribution >= 0.6 is 12.4 Å². The van der Waals surface area contributed by atoms with Gasteiger partial charge in [0.25, 0.3) is 0 Å². The second kappa shape index (κ2) is 12.5. The average molecular weight is 503 g/mol. The molecule has 2 unspecified atom stereocenters. The van der Waals surface area contributed by atoms with E-state index in [4.69, 9.17) is 14.2 Å². The number of rotatable bonds is 8. The highest BCUT2D eigenvalue weighted by Crippen LogP contribution is 2.33. The number of halogens is 1. The lowest BCUT2D eigenvalue weighted by molar-refractivity contribution is -0.134. The number of ether oxygens (including phenoxy) is 3. The van der Waals surface area contributed by atoms with E-state index in [0.29, 0.717) is 18.2 Å². The Morgan fingerprint density at radius 3 is 2.43 bits per heavy atom. The number of piperidine rings is 1. The largest absolute Gasteiger partial charge is 0.497 e. The van der Waals surface area contributed by atoms with Gasteiger partial charge in [0.05, 0.1) is 27.8 Å². The van der Waals surface area contributed by atoms with Crippen molar-refractivity contribution in [1.29, 1.82) is 0 Å². The third-order valence-corrected chi connectivity index (χ3v) is 7.52. The van der Waals surface area contributed by atoms with Gasteiger partial charge in [-0.3, -0.25) is 9.69 Å². The van der Waals surface area contributed by atoms with E-state index >= 15 is 0 Å². The predicted molar refractivity (Wildman–Crippen MR) is 141 cm³/mol. The summed E-state index contributed by atoms with van der Waals surface area (Å²) in [5, 5.41) is 0. The molecule has 7 heteroatoms. The average Bonchev–Trinajstić information content (AvgIpc) is 3.03. The summed E-state index contributed by atoms with van der Waals surface area (Å²) < 4.78 is 16.4. The number of likely N-dealkylation sites (tertiary alicyclic amines) is 1. The molecular formula is C28H39ClN2O4. The van der Waals surface area contributed by atoms with Crippen LogP contribution in [0.4, 0.5) is 0 Å². The lowest BCUT2D eigenvalue weighted by Gasteiger charge is -2.43. The number of benzene rings is 2. The molecule has 2 aromatic rings. The minimum Gasteiger partial charge on any atom is -0.497 e. The fraction of sp³-hybridized carbons (Fsp3) is 0.536. The lowest BCUT2D eigenvalue weighted by Crippen LogP contribution is -2.54. The number of amides is 1. The van der Waals surface area contributed by atoms with E-state index in [1.807, 2.05) is 18.2 Å². The Balaban J connectivity index is 0.00000342. The standard InChI is InChI=1S/C28H38N2O4.ClH/c1-20(25-10-5-6-13-29(25)14-11-21-8-7-9-24(16-21)32-2)30-15-12-22-17-26(33-3)27(34-4)18-23(22)19-28(30)31;/h7-9,16-18,20,25H,5-6,10-15,19H2,1-4H3;1H. The first-order chi connectivity index (χ1) is 16.5. The second-order valence-corrected chi connectivity index (χ2v) is 9.43. The van der Waals surface area contributed by atoms with Gasteiger partial charge >= 0.3 is 0 Å². The second-order valence-electron chi connectivity index (χ2n) is 9.43. The summed E-state index contributed by atoms with van der Waals surface area (Å²) >= 11 is 0. The van der Waals surface area contributed by atoms with E-state index < -0.39 is 0 Å². The SMILES string of the molecule is COc1cccc(CCN2CCCCC2C(C)N2CCc3cc(OC)c(OC)cc3CC2=O)c1.Cl. The summed E-state index contributed by atoms with van der Waals surface area (Å²) in [5.41, 5.74) is 3.52. The highest BCUT2D eigenvalue weighted by molar-refractivity contribution is 5.85. The van der Waals surface area contributed by atoms with Crippen LogP contribution in [0.1, 0.15) is 42.9 Å². The van der Waals surface area contributed by atoms with Crippen LogP contribution in [-0.4, -0.2) is 68.8 Å². The van der Waals surface area contributed by atoms with Crippen molar-refractivity contribution in [3.63, 3.8) is 0 Å². The molecule has 192 valence electrons. The van der Waals surface area contributed by atoms with Crippen molar-refractivity contribution < 1.29 is 19.0 Å². The van der Waals surface area contributed by atoms with Crippen LogP contribution in [0.25, 0.3) is 0 Å². The highest BCUT2D eigenvalue weighted by atomic mass is 35.5. The summed E-state index contributed by atoms with van der Waals surface area (Å²) in [7, 11) is 5.01. The number of fused-ring (bicyclic) bond motifs is 1. The Morgan fingerprint density at radius 1 is 0.971 bits per heavy atom. The number of carbonyl (C=O) groups excluding carboxylic acids is 1. The normalized spacial score (nSPS) is 19.3. The Bertz CT molecular complexity index is 999. The van der Waals surface area contributed by atoms with Crippen LogP contribution in [0.3, 0.4) is 0 Å². The molecule has 2 aliphatic rings. The third-order valence-electron chi connectivity index (χ3n) is 7.52. The molecule has 0 aliphatic carbocycles. The number of carbonyl (C=O) groups is 1. The van der Waals surface area contributed by atoms with Gasteiger partial charge in [-0.05, 0) is 80.1 Å². The number of methoxy groups -OCH3 is 3. The Morgan fingerprint density at radius 2 is 1.71 bits per heavy atom. The monoisotopic (exact) mass is 502 g/mol. The van der Waals surface area contributed by atoms with Gasteiger partial charge in [0.1, 0.15) is 5.75 Å². The van der Waals surface area contributed by atoms with Crippen molar-refractivity contribution in [2.45, 2.75) is 57.5 Å². The molecule has 4 rings (SSSR count). The van der Waals surface area contributed by atoms with E-state index in [2.05, 4.69) is 34.9 Å². The molecule has 35 heavy (non-hydrogen) atoms. The van der Waals surface area contributed by atoms with Crippen LogP contribution in [0.2, 0.25) is 0 Å². The fourth-order valence-electron chi connectivity index (χ4n) is 5.57. The molecule has 0 spiro atoms. The van der Waals surface area contributed by atoms with Crippen LogP contribution < -0.4 is 14.2 Å². The first-order valence-electron chi connectivity index (χ1n) is 12.4. The molecule has 1 saturated heterocycles. The number of hydrogen-bond donors (Lipinski definition) is 0. The van der Waals surface area contributed by atoms with Gasteiger partial charge < -0.3 is 19.1 Å². The Kier molecular flexibility index (Phi) is 9.70. The van der Waals surface area contributed by atoms with Crippen molar-refractivity contribution in [3.05, 3.63) is 53.1 Å². The van der Waals surface area contributed by atoms with Crippen molar-refractivity contribution in [3.8, 4) is 17.2 Å². The van der Waals surface area contributed by atoms with Gasteiger partial charge in [0.15, 0.2) is 11.5 Å². The predicted octanol–water partition coefficient (Wildman–Crippen LogP) is 4.55. The Hall–Kier alpha value is -2.44. The maximum Gasteiger partial charge on any atom is 0.227 e. The van der Waals surface area contributed by atoms with E-state index in [1.54, 1.807) is 21.3 Å². The summed E-state index contributed by atoms with van der Waals surface area (Å²) in [6.45, 7) is 5.07.